The molecule has 2 aromatic heterocycles. The number of rotatable bonds is 1. The quantitative estimate of drug-likeness (QED) is 0.612. The summed E-state index contributed by atoms with van der Waals surface area (Å²) < 4.78 is 6.51. The van der Waals surface area contributed by atoms with Crippen LogP contribution in [0.1, 0.15) is 0 Å². The molecule has 0 amide bonds. The summed E-state index contributed by atoms with van der Waals surface area (Å²) in [7, 11) is 0. The standard InChI is InChI=1S/C11H7N3O2/c15-11-14(10-5-6-12-7-13-10)8-3-1-2-4-9(8)16-11/h1-7H. The Kier molecular flexibility index (Phi) is 1.83. The van der Waals surface area contributed by atoms with Crippen molar-refractivity contribution < 1.29 is 4.42 Å². The summed E-state index contributed by atoms with van der Waals surface area (Å²) in [5, 5.41) is 0. The number of hydrogen-bond donors (Lipinski definition) is 0. The van der Waals surface area contributed by atoms with Crippen molar-refractivity contribution in [3.63, 3.8) is 0 Å². The van der Waals surface area contributed by atoms with Crippen LogP contribution < -0.4 is 5.76 Å². The summed E-state index contributed by atoms with van der Waals surface area (Å²) in [6.07, 6.45) is 2.97. The first kappa shape index (κ1) is 8.84. The molecule has 0 saturated carbocycles. The minimum absolute atomic E-state index is 0.445. The number of oxazole rings is 1. The second kappa shape index (κ2) is 3.30. The average Bonchev–Trinajstić information content (AvgIpc) is 2.66. The third-order valence-corrected chi connectivity index (χ3v) is 2.28. The summed E-state index contributed by atoms with van der Waals surface area (Å²) in [5.41, 5.74) is 1.25. The molecule has 0 aliphatic rings. The molecule has 78 valence electrons. The van der Waals surface area contributed by atoms with Crippen LogP contribution in [0.2, 0.25) is 0 Å². The van der Waals surface area contributed by atoms with E-state index in [0.29, 0.717) is 16.9 Å². The van der Waals surface area contributed by atoms with Crippen LogP contribution in [0.25, 0.3) is 16.9 Å². The molecule has 1 aromatic carbocycles. The van der Waals surface area contributed by atoms with E-state index in [2.05, 4.69) is 9.97 Å². The van der Waals surface area contributed by atoms with Gasteiger partial charge in [-0.15, -0.1) is 0 Å². The predicted octanol–water partition coefficient (Wildman–Crippen LogP) is 1.37. The molecule has 5 nitrogen and oxygen atoms in total. The van der Waals surface area contributed by atoms with E-state index >= 15 is 0 Å². The number of hydrogen-bond acceptors (Lipinski definition) is 4. The van der Waals surface area contributed by atoms with Gasteiger partial charge in [-0.25, -0.2) is 19.3 Å². The molecule has 0 aliphatic heterocycles. The fraction of sp³-hybridized carbons (Fsp3) is 0. The van der Waals surface area contributed by atoms with Crippen LogP contribution in [0, 0.1) is 0 Å². The Hall–Kier alpha value is -2.43. The van der Waals surface area contributed by atoms with Crippen LogP contribution in [0.15, 0.2) is 52.1 Å². The van der Waals surface area contributed by atoms with Gasteiger partial charge in [0.2, 0.25) is 0 Å². The number of nitrogens with zero attached hydrogens (tertiary/aromatic N) is 3. The zero-order valence-electron chi connectivity index (χ0n) is 8.20. The highest BCUT2D eigenvalue weighted by Gasteiger charge is 2.10. The number of para-hydroxylation sites is 2. The van der Waals surface area contributed by atoms with Gasteiger partial charge in [0, 0.05) is 6.20 Å². The zero-order valence-corrected chi connectivity index (χ0v) is 8.20. The fourth-order valence-corrected chi connectivity index (χ4v) is 1.60. The molecule has 0 radical (unpaired) electrons. The van der Waals surface area contributed by atoms with Gasteiger partial charge >= 0.3 is 5.76 Å². The van der Waals surface area contributed by atoms with Gasteiger partial charge in [0.15, 0.2) is 5.58 Å². The van der Waals surface area contributed by atoms with Crippen LogP contribution in [0.5, 0.6) is 0 Å². The monoisotopic (exact) mass is 213 g/mol. The molecule has 3 rings (SSSR count). The van der Waals surface area contributed by atoms with E-state index in [1.54, 1.807) is 18.3 Å². The largest absolute Gasteiger partial charge is 0.425 e. The van der Waals surface area contributed by atoms with Crippen LogP contribution in [0.3, 0.4) is 0 Å². The lowest BCUT2D eigenvalue weighted by atomic mass is 10.3. The molecule has 16 heavy (non-hydrogen) atoms. The molecule has 0 unspecified atom stereocenters. The van der Waals surface area contributed by atoms with Gasteiger partial charge in [-0.2, -0.15) is 0 Å². The molecule has 2 heterocycles. The summed E-state index contributed by atoms with van der Waals surface area (Å²) in [6, 6.07) is 8.87. The van der Waals surface area contributed by atoms with Gasteiger partial charge in [-0.05, 0) is 18.2 Å². The third kappa shape index (κ3) is 1.22. The number of aromatic nitrogens is 3. The summed E-state index contributed by atoms with van der Waals surface area (Å²) in [5.74, 6) is 0.0600. The molecule has 0 aliphatic carbocycles. The Morgan fingerprint density at radius 2 is 2.06 bits per heavy atom. The molecule has 3 aromatic rings. The Labute approximate surface area is 90.0 Å². The van der Waals surface area contributed by atoms with Crippen molar-refractivity contribution in [2.45, 2.75) is 0 Å². The molecule has 0 bridgehead atoms. The first-order valence-electron chi connectivity index (χ1n) is 4.73. The smallest absolute Gasteiger partial charge is 0.407 e. The van der Waals surface area contributed by atoms with E-state index in [9.17, 15) is 4.79 Å². The van der Waals surface area contributed by atoms with Crippen LogP contribution in [0.4, 0.5) is 0 Å². The lowest BCUT2D eigenvalue weighted by Gasteiger charge is -1.98. The Morgan fingerprint density at radius 3 is 2.88 bits per heavy atom. The molecule has 0 fully saturated rings. The maximum Gasteiger partial charge on any atom is 0.425 e. The lowest BCUT2D eigenvalue weighted by molar-refractivity contribution is 0.538. The van der Waals surface area contributed by atoms with Gasteiger partial charge in [0.1, 0.15) is 12.1 Å². The minimum Gasteiger partial charge on any atom is -0.407 e. The SMILES string of the molecule is O=c1oc2ccccc2n1-c1ccncn1. The van der Waals surface area contributed by atoms with Crippen LogP contribution >= 0.6 is 0 Å². The normalized spacial score (nSPS) is 10.8. The molecular formula is C11H7N3O2. The predicted molar refractivity (Wildman–Crippen MR) is 57.4 cm³/mol. The van der Waals surface area contributed by atoms with E-state index in [0.717, 1.165) is 0 Å². The van der Waals surface area contributed by atoms with E-state index in [1.165, 1.54) is 10.9 Å². The summed E-state index contributed by atoms with van der Waals surface area (Å²) >= 11 is 0. The Balaban J connectivity index is 2.40. The van der Waals surface area contributed by atoms with Gasteiger partial charge in [0.05, 0.1) is 5.52 Å². The van der Waals surface area contributed by atoms with E-state index in [-0.39, 0.29) is 0 Å². The average molecular weight is 213 g/mol. The molecule has 0 N–H and O–H groups in total. The highest BCUT2D eigenvalue weighted by Crippen LogP contribution is 2.14. The summed E-state index contributed by atoms with van der Waals surface area (Å²) in [4.78, 5) is 19.5. The fourth-order valence-electron chi connectivity index (χ4n) is 1.60. The Bertz CT molecular complexity index is 685. The van der Waals surface area contributed by atoms with E-state index in [1.807, 2.05) is 18.2 Å². The molecule has 0 atom stereocenters. The maximum absolute atomic E-state index is 11.7. The van der Waals surface area contributed by atoms with Crippen molar-refractivity contribution in [1.29, 1.82) is 0 Å². The number of benzene rings is 1. The molecule has 5 heteroatoms. The first-order valence-corrected chi connectivity index (χ1v) is 4.73. The van der Waals surface area contributed by atoms with Crippen molar-refractivity contribution >= 4 is 11.1 Å². The van der Waals surface area contributed by atoms with Gasteiger partial charge in [0.25, 0.3) is 0 Å². The van der Waals surface area contributed by atoms with Gasteiger partial charge in [-0.3, -0.25) is 0 Å². The summed E-state index contributed by atoms with van der Waals surface area (Å²) in [6.45, 7) is 0. The molecular weight excluding hydrogens is 206 g/mol. The van der Waals surface area contributed by atoms with Crippen LogP contribution in [-0.2, 0) is 0 Å². The van der Waals surface area contributed by atoms with Gasteiger partial charge < -0.3 is 4.42 Å². The lowest BCUT2D eigenvalue weighted by Crippen LogP contribution is -2.12. The maximum atomic E-state index is 11.7. The highest BCUT2D eigenvalue weighted by atomic mass is 16.4. The van der Waals surface area contributed by atoms with Crippen molar-refractivity contribution in [1.82, 2.24) is 14.5 Å². The van der Waals surface area contributed by atoms with Crippen LogP contribution in [-0.4, -0.2) is 14.5 Å². The first-order chi connectivity index (χ1) is 7.86. The topological polar surface area (TPSA) is 60.9 Å². The second-order valence-corrected chi connectivity index (χ2v) is 3.24. The van der Waals surface area contributed by atoms with E-state index < -0.39 is 5.76 Å². The van der Waals surface area contributed by atoms with Crippen molar-refractivity contribution in [3.05, 3.63) is 53.4 Å². The molecule has 0 saturated heterocycles. The Morgan fingerprint density at radius 1 is 1.19 bits per heavy atom. The number of fused-ring (bicyclic) bond motifs is 1. The second-order valence-electron chi connectivity index (χ2n) is 3.24. The highest BCUT2D eigenvalue weighted by molar-refractivity contribution is 5.74. The molecule has 0 spiro atoms. The van der Waals surface area contributed by atoms with Gasteiger partial charge in [-0.1, -0.05) is 12.1 Å². The third-order valence-electron chi connectivity index (χ3n) is 2.28. The minimum atomic E-state index is -0.445. The van der Waals surface area contributed by atoms with E-state index in [4.69, 9.17) is 4.42 Å². The van der Waals surface area contributed by atoms with Crippen molar-refractivity contribution in [2.75, 3.05) is 0 Å². The zero-order chi connectivity index (χ0) is 11.0. The van der Waals surface area contributed by atoms with Crippen molar-refractivity contribution in [2.24, 2.45) is 0 Å². The van der Waals surface area contributed by atoms with Crippen molar-refractivity contribution in [3.8, 4) is 5.82 Å².